The number of rotatable bonds is 3. The molecular formula is C21H24N4O5. The Bertz CT molecular complexity index is 1180. The molecule has 30 heavy (non-hydrogen) atoms. The molecule has 0 saturated carbocycles. The molecule has 5 rings (SSSR count). The average molecular weight is 412 g/mol. The molecule has 1 amide bonds. The second-order valence-electron chi connectivity index (χ2n) is 7.76. The number of carbonyl (C=O) groups excluding carboxylic acids is 1. The molecule has 0 atom stereocenters. The minimum Gasteiger partial charge on any atom is -0.496 e. The van der Waals surface area contributed by atoms with Crippen LogP contribution in [0.1, 0.15) is 18.7 Å². The third-order valence-corrected chi connectivity index (χ3v) is 6.05. The lowest BCUT2D eigenvalue weighted by Crippen LogP contribution is -2.48. The number of aryl methyl sites for hydroxylation is 1. The van der Waals surface area contributed by atoms with Crippen molar-refractivity contribution >= 4 is 22.3 Å². The summed E-state index contributed by atoms with van der Waals surface area (Å²) in [6, 6.07) is 7.45. The Balaban J connectivity index is 1.43. The number of amides is 1. The van der Waals surface area contributed by atoms with Gasteiger partial charge in [-0.25, -0.2) is 4.68 Å². The van der Waals surface area contributed by atoms with Gasteiger partial charge in [0.2, 0.25) is 5.91 Å². The van der Waals surface area contributed by atoms with Crippen LogP contribution in [0.5, 0.6) is 5.75 Å². The van der Waals surface area contributed by atoms with Gasteiger partial charge in [-0.2, -0.15) is 5.10 Å². The molecule has 4 heterocycles. The van der Waals surface area contributed by atoms with E-state index < -0.39 is 5.79 Å². The zero-order valence-corrected chi connectivity index (χ0v) is 17.1. The van der Waals surface area contributed by atoms with Gasteiger partial charge in [0, 0.05) is 31.3 Å². The van der Waals surface area contributed by atoms with E-state index in [1.807, 2.05) is 25.1 Å². The van der Waals surface area contributed by atoms with E-state index in [0.717, 1.165) is 10.9 Å². The van der Waals surface area contributed by atoms with Crippen LogP contribution in [0.15, 0.2) is 29.1 Å². The summed E-state index contributed by atoms with van der Waals surface area (Å²) in [4.78, 5) is 27.7. The molecule has 9 nitrogen and oxygen atoms in total. The van der Waals surface area contributed by atoms with E-state index in [9.17, 15) is 9.59 Å². The Morgan fingerprint density at radius 3 is 2.63 bits per heavy atom. The Kier molecular flexibility index (Phi) is 4.52. The van der Waals surface area contributed by atoms with Crippen LogP contribution in [0, 0.1) is 6.92 Å². The van der Waals surface area contributed by atoms with Gasteiger partial charge in [-0.05, 0) is 25.1 Å². The molecule has 0 aliphatic carbocycles. The van der Waals surface area contributed by atoms with Crippen LogP contribution < -0.4 is 10.3 Å². The maximum absolute atomic E-state index is 13.1. The lowest BCUT2D eigenvalue weighted by molar-refractivity contribution is -0.187. The third-order valence-electron chi connectivity index (χ3n) is 6.05. The molecule has 9 heteroatoms. The first-order valence-electron chi connectivity index (χ1n) is 10.1. The monoisotopic (exact) mass is 412 g/mol. The molecule has 2 fully saturated rings. The molecule has 0 N–H and O–H groups in total. The normalized spacial score (nSPS) is 18.5. The first kappa shape index (κ1) is 19.1. The van der Waals surface area contributed by atoms with E-state index in [1.165, 1.54) is 4.68 Å². The van der Waals surface area contributed by atoms with Gasteiger partial charge in [0.05, 0.1) is 25.8 Å². The van der Waals surface area contributed by atoms with Crippen molar-refractivity contribution in [3.05, 3.63) is 40.4 Å². The molecule has 1 spiro atoms. The number of carbonyl (C=O) groups is 1. The SMILES string of the molecule is COc1cccc2c1cc1c(=O)n(CC(=O)N3CCC4(CC3)OCCO4)nc(C)n12. The van der Waals surface area contributed by atoms with Crippen molar-refractivity contribution in [3.8, 4) is 5.75 Å². The average Bonchev–Trinajstić information content (AvgIpc) is 3.37. The minimum atomic E-state index is -0.535. The van der Waals surface area contributed by atoms with Crippen molar-refractivity contribution in [2.75, 3.05) is 33.4 Å². The fraction of sp³-hybridized carbons (Fsp3) is 0.476. The molecule has 2 aromatic heterocycles. The highest BCUT2D eigenvalue weighted by Crippen LogP contribution is 2.31. The summed E-state index contributed by atoms with van der Waals surface area (Å²) in [5.74, 6) is 0.657. The molecule has 158 valence electrons. The van der Waals surface area contributed by atoms with Gasteiger partial charge in [-0.15, -0.1) is 0 Å². The number of hydrogen-bond donors (Lipinski definition) is 0. The summed E-state index contributed by atoms with van der Waals surface area (Å²) >= 11 is 0. The molecule has 1 aromatic carbocycles. The Labute approximate surface area is 172 Å². The zero-order valence-electron chi connectivity index (χ0n) is 17.1. The van der Waals surface area contributed by atoms with Crippen LogP contribution in [-0.2, 0) is 20.8 Å². The van der Waals surface area contributed by atoms with Crippen molar-refractivity contribution in [2.24, 2.45) is 0 Å². The number of benzene rings is 1. The largest absolute Gasteiger partial charge is 0.496 e. The molecule has 2 aliphatic heterocycles. The number of likely N-dealkylation sites (tertiary alicyclic amines) is 1. The highest BCUT2D eigenvalue weighted by molar-refractivity contribution is 5.92. The number of methoxy groups -OCH3 is 1. The quantitative estimate of drug-likeness (QED) is 0.645. The summed E-state index contributed by atoms with van der Waals surface area (Å²) in [6.45, 7) is 4.02. The van der Waals surface area contributed by atoms with Crippen molar-refractivity contribution in [2.45, 2.75) is 32.1 Å². The van der Waals surface area contributed by atoms with Crippen LogP contribution >= 0.6 is 0 Å². The van der Waals surface area contributed by atoms with Gasteiger partial charge in [-0.1, -0.05) is 6.07 Å². The number of hydrogen-bond acceptors (Lipinski definition) is 6. The molecule has 2 saturated heterocycles. The number of fused-ring (bicyclic) bond motifs is 3. The second-order valence-corrected chi connectivity index (χ2v) is 7.76. The van der Waals surface area contributed by atoms with E-state index in [2.05, 4.69) is 5.10 Å². The standard InChI is InChI=1S/C21H24N4O5/c1-14-22-24(13-19(26)23-8-6-21(7-9-23)29-10-11-30-21)20(27)17-12-15-16(25(14)17)4-3-5-18(15)28-2/h3-5,12H,6-11,13H2,1-2H3. The number of aromatic nitrogens is 3. The highest BCUT2D eigenvalue weighted by atomic mass is 16.7. The van der Waals surface area contributed by atoms with Gasteiger partial charge in [-0.3, -0.25) is 14.0 Å². The zero-order chi connectivity index (χ0) is 20.9. The van der Waals surface area contributed by atoms with Gasteiger partial charge in [0.15, 0.2) is 5.79 Å². The first-order valence-corrected chi connectivity index (χ1v) is 10.1. The third kappa shape index (κ3) is 2.96. The highest BCUT2D eigenvalue weighted by Gasteiger charge is 2.40. The molecule has 0 bridgehead atoms. The molecular weight excluding hydrogens is 388 g/mol. The Morgan fingerprint density at radius 2 is 1.93 bits per heavy atom. The maximum atomic E-state index is 13.1. The van der Waals surface area contributed by atoms with E-state index in [1.54, 1.807) is 22.5 Å². The summed E-state index contributed by atoms with van der Waals surface area (Å²) in [5, 5.41) is 5.25. The molecule has 3 aromatic rings. The number of piperidine rings is 1. The van der Waals surface area contributed by atoms with Gasteiger partial charge < -0.3 is 19.1 Å². The van der Waals surface area contributed by atoms with Crippen LogP contribution in [0.25, 0.3) is 16.4 Å². The molecule has 2 aliphatic rings. The van der Waals surface area contributed by atoms with Crippen molar-refractivity contribution in [3.63, 3.8) is 0 Å². The lowest BCUT2D eigenvalue weighted by atomic mass is 10.0. The number of ether oxygens (including phenoxy) is 3. The van der Waals surface area contributed by atoms with Crippen molar-refractivity contribution in [1.29, 1.82) is 0 Å². The van der Waals surface area contributed by atoms with Crippen LogP contribution in [0.4, 0.5) is 0 Å². The van der Waals surface area contributed by atoms with E-state index in [0.29, 0.717) is 56.2 Å². The van der Waals surface area contributed by atoms with E-state index in [4.69, 9.17) is 14.2 Å². The first-order chi connectivity index (χ1) is 14.5. The van der Waals surface area contributed by atoms with E-state index >= 15 is 0 Å². The number of nitrogens with zero attached hydrogens (tertiary/aromatic N) is 4. The predicted molar refractivity (Wildman–Crippen MR) is 109 cm³/mol. The van der Waals surface area contributed by atoms with Crippen molar-refractivity contribution in [1.82, 2.24) is 19.1 Å². The summed E-state index contributed by atoms with van der Waals surface area (Å²) < 4.78 is 19.9. The fourth-order valence-electron chi connectivity index (χ4n) is 4.50. The van der Waals surface area contributed by atoms with Crippen molar-refractivity contribution < 1.29 is 19.0 Å². The maximum Gasteiger partial charge on any atom is 0.291 e. The summed E-state index contributed by atoms with van der Waals surface area (Å²) in [6.07, 6.45) is 1.28. The van der Waals surface area contributed by atoms with Gasteiger partial charge in [0.1, 0.15) is 23.6 Å². The summed E-state index contributed by atoms with van der Waals surface area (Å²) in [7, 11) is 1.60. The minimum absolute atomic E-state index is 0.0937. The Hall–Kier alpha value is -2.91. The van der Waals surface area contributed by atoms with Crippen LogP contribution in [0.3, 0.4) is 0 Å². The van der Waals surface area contributed by atoms with E-state index in [-0.39, 0.29) is 18.0 Å². The fourth-order valence-corrected chi connectivity index (χ4v) is 4.50. The molecule has 0 unspecified atom stereocenters. The Morgan fingerprint density at radius 1 is 1.20 bits per heavy atom. The topological polar surface area (TPSA) is 87.3 Å². The van der Waals surface area contributed by atoms with Crippen LogP contribution in [0.2, 0.25) is 0 Å². The molecule has 0 radical (unpaired) electrons. The van der Waals surface area contributed by atoms with Gasteiger partial charge in [0.25, 0.3) is 5.56 Å². The lowest BCUT2D eigenvalue weighted by Gasteiger charge is -2.37. The second kappa shape index (κ2) is 7.10. The predicted octanol–water partition coefficient (Wildman–Crippen LogP) is 1.33. The summed E-state index contributed by atoms with van der Waals surface area (Å²) in [5.41, 5.74) is 1.02. The van der Waals surface area contributed by atoms with Crippen LogP contribution in [-0.4, -0.2) is 64.2 Å². The van der Waals surface area contributed by atoms with Gasteiger partial charge >= 0.3 is 0 Å². The smallest absolute Gasteiger partial charge is 0.291 e.